The zero-order valence-electron chi connectivity index (χ0n) is 16.7. The summed E-state index contributed by atoms with van der Waals surface area (Å²) in [6.07, 6.45) is 2.54. The minimum Gasteiger partial charge on any atom is -0.497 e. The Kier molecular flexibility index (Phi) is 4.16. The number of aromatic amines is 1. The fraction of sp³-hybridized carbons (Fsp3) is 0.273. The molecule has 0 spiro atoms. The molecule has 0 bridgehead atoms. The van der Waals surface area contributed by atoms with Gasteiger partial charge in [0.15, 0.2) is 11.5 Å². The molecule has 0 aliphatic carbocycles. The molecule has 1 N–H and O–H groups in total. The summed E-state index contributed by atoms with van der Waals surface area (Å²) in [7, 11) is 4.97. The van der Waals surface area contributed by atoms with Gasteiger partial charge in [-0.15, -0.1) is 0 Å². The molecule has 0 atom stereocenters. The summed E-state index contributed by atoms with van der Waals surface area (Å²) in [6.45, 7) is 1.63. The van der Waals surface area contributed by atoms with Gasteiger partial charge in [-0.1, -0.05) is 0 Å². The summed E-state index contributed by atoms with van der Waals surface area (Å²) in [6, 6.07) is 10.0. The number of fused-ring (bicyclic) bond motifs is 4. The van der Waals surface area contributed by atoms with E-state index in [0.717, 1.165) is 47.5 Å². The van der Waals surface area contributed by atoms with Crippen LogP contribution in [0.1, 0.15) is 11.3 Å². The molecule has 0 amide bonds. The molecule has 0 unspecified atom stereocenters. The Morgan fingerprint density at radius 3 is 2.55 bits per heavy atom. The highest BCUT2D eigenvalue weighted by molar-refractivity contribution is 5.92. The maximum absolute atomic E-state index is 5.49. The van der Waals surface area contributed by atoms with Crippen LogP contribution in [0.3, 0.4) is 0 Å². The highest BCUT2D eigenvalue weighted by Gasteiger charge is 2.24. The number of benzene rings is 2. The molecular weight excluding hydrogens is 368 g/mol. The predicted octanol–water partition coefficient (Wildman–Crippen LogP) is 3.70. The van der Waals surface area contributed by atoms with Crippen molar-refractivity contribution >= 4 is 27.6 Å². The summed E-state index contributed by atoms with van der Waals surface area (Å²) in [4.78, 5) is 14.9. The van der Waals surface area contributed by atoms with E-state index in [1.807, 2.05) is 18.2 Å². The Bertz CT molecular complexity index is 1220. The average Bonchev–Trinajstić information content (AvgIpc) is 3.14. The molecule has 3 heterocycles. The highest BCUT2D eigenvalue weighted by Crippen LogP contribution is 2.37. The third-order valence-electron chi connectivity index (χ3n) is 5.60. The lowest BCUT2D eigenvalue weighted by Crippen LogP contribution is -2.31. The molecule has 4 aromatic rings. The summed E-state index contributed by atoms with van der Waals surface area (Å²) in [5, 5.41) is 2.18. The van der Waals surface area contributed by atoms with Crippen LogP contribution >= 0.6 is 0 Å². The number of anilines is 1. The molecule has 1 aliphatic rings. The van der Waals surface area contributed by atoms with Gasteiger partial charge in [0.25, 0.3) is 0 Å². The van der Waals surface area contributed by atoms with Crippen LogP contribution in [0.25, 0.3) is 21.8 Å². The second-order valence-corrected chi connectivity index (χ2v) is 7.09. The van der Waals surface area contributed by atoms with Gasteiger partial charge < -0.3 is 24.1 Å². The van der Waals surface area contributed by atoms with Gasteiger partial charge in [0.05, 0.1) is 33.4 Å². The molecule has 2 aromatic heterocycles. The zero-order chi connectivity index (χ0) is 20.0. The van der Waals surface area contributed by atoms with Gasteiger partial charge in [-0.05, 0) is 36.2 Å². The van der Waals surface area contributed by atoms with Crippen LogP contribution in [0.4, 0.5) is 5.82 Å². The molecule has 0 radical (unpaired) electrons. The standard InChI is InChI=1S/C22H22N4O3/c1-27-13-4-5-17-15(8-13)14-6-7-26(11-19(14)25-17)22-16-9-20(28-2)21(29-3)10-18(16)23-12-24-22/h4-5,8-10,12,25H,6-7,11H2,1-3H3. The van der Waals surface area contributed by atoms with Crippen LogP contribution in [0.2, 0.25) is 0 Å². The predicted molar refractivity (Wildman–Crippen MR) is 112 cm³/mol. The van der Waals surface area contributed by atoms with E-state index in [1.165, 1.54) is 16.6 Å². The minimum absolute atomic E-state index is 0.662. The monoisotopic (exact) mass is 390 g/mol. The van der Waals surface area contributed by atoms with Crippen molar-refractivity contribution in [3.63, 3.8) is 0 Å². The lowest BCUT2D eigenvalue weighted by molar-refractivity contribution is 0.356. The van der Waals surface area contributed by atoms with E-state index in [4.69, 9.17) is 14.2 Å². The Balaban J connectivity index is 1.57. The van der Waals surface area contributed by atoms with Crippen molar-refractivity contribution < 1.29 is 14.2 Å². The molecule has 1 aliphatic heterocycles. The fourth-order valence-electron chi connectivity index (χ4n) is 4.15. The number of rotatable bonds is 4. The van der Waals surface area contributed by atoms with Gasteiger partial charge >= 0.3 is 0 Å². The first kappa shape index (κ1) is 17.6. The first-order chi connectivity index (χ1) is 14.2. The normalized spacial score (nSPS) is 13.6. The lowest BCUT2D eigenvalue weighted by Gasteiger charge is -2.29. The van der Waals surface area contributed by atoms with Gasteiger partial charge in [0.1, 0.15) is 17.9 Å². The maximum Gasteiger partial charge on any atom is 0.162 e. The van der Waals surface area contributed by atoms with Crippen molar-refractivity contribution in [3.05, 3.63) is 47.9 Å². The maximum atomic E-state index is 5.49. The second-order valence-electron chi connectivity index (χ2n) is 7.09. The van der Waals surface area contributed by atoms with Crippen molar-refractivity contribution in [2.24, 2.45) is 0 Å². The fourth-order valence-corrected chi connectivity index (χ4v) is 4.15. The molecule has 7 heteroatoms. The van der Waals surface area contributed by atoms with Crippen LogP contribution < -0.4 is 19.1 Å². The first-order valence-corrected chi connectivity index (χ1v) is 9.51. The van der Waals surface area contributed by atoms with E-state index in [2.05, 4.69) is 32.0 Å². The molecule has 0 saturated heterocycles. The van der Waals surface area contributed by atoms with E-state index in [-0.39, 0.29) is 0 Å². The molecule has 148 valence electrons. The summed E-state index contributed by atoms with van der Waals surface area (Å²) < 4.78 is 16.3. The van der Waals surface area contributed by atoms with Crippen molar-refractivity contribution in [2.75, 3.05) is 32.8 Å². The molecule has 7 nitrogen and oxygen atoms in total. The van der Waals surface area contributed by atoms with E-state index in [0.29, 0.717) is 11.5 Å². The first-order valence-electron chi connectivity index (χ1n) is 9.51. The third kappa shape index (κ3) is 2.81. The molecule has 0 saturated carbocycles. The molecule has 5 rings (SSSR count). The van der Waals surface area contributed by atoms with Crippen LogP contribution in [0.5, 0.6) is 17.2 Å². The summed E-state index contributed by atoms with van der Waals surface area (Å²) in [5.74, 6) is 3.11. The smallest absolute Gasteiger partial charge is 0.162 e. The van der Waals surface area contributed by atoms with E-state index < -0.39 is 0 Å². The van der Waals surface area contributed by atoms with E-state index >= 15 is 0 Å². The topological polar surface area (TPSA) is 72.5 Å². The van der Waals surface area contributed by atoms with Crippen molar-refractivity contribution in [1.82, 2.24) is 15.0 Å². The van der Waals surface area contributed by atoms with E-state index in [1.54, 1.807) is 27.7 Å². The lowest BCUT2D eigenvalue weighted by atomic mass is 10.0. The Morgan fingerprint density at radius 2 is 1.76 bits per heavy atom. The molecule has 2 aromatic carbocycles. The van der Waals surface area contributed by atoms with Crippen LogP contribution in [-0.2, 0) is 13.0 Å². The van der Waals surface area contributed by atoms with Crippen molar-refractivity contribution in [2.45, 2.75) is 13.0 Å². The highest BCUT2D eigenvalue weighted by atomic mass is 16.5. The zero-order valence-corrected chi connectivity index (χ0v) is 16.7. The van der Waals surface area contributed by atoms with Crippen LogP contribution in [-0.4, -0.2) is 42.8 Å². The number of methoxy groups -OCH3 is 3. The number of H-pyrrole nitrogens is 1. The Labute approximate surface area is 168 Å². The van der Waals surface area contributed by atoms with Crippen LogP contribution in [0, 0.1) is 0 Å². The summed E-state index contributed by atoms with van der Waals surface area (Å²) >= 11 is 0. The number of hydrogen-bond donors (Lipinski definition) is 1. The third-order valence-corrected chi connectivity index (χ3v) is 5.60. The number of nitrogens with one attached hydrogen (secondary N) is 1. The van der Waals surface area contributed by atoms with Gasteiger partial charge in [-0.3, -0.25) is 0 Å². The number of hydrogen-bond acceptors (Lipinski definition) is 6. The second kappa shape index (κ2) is 6.84. The SMILES string of the molecule is COc1ccc2[nH]c3c(c2c1)CCN(c1ncnc2cc(OC)c(OC)cc12)C3. The summed E-state index contributed by atoms with van der Waals surface area (Å²) in [5.41, 5.74) is 4.54. The van der Waals surface area contributed by atoms with E-state index in [9.17, 15) is 0 Å². The van der Waals surface area contributed by atoms with Gasteiger partial charge in [0.2, 0.25) is 0 Å². The van der Waals surface area contributed by atoms with Crippen LogP contribution in [0.15, 0.2) is 36.7 Å². The largest absolute Gasteiger partial charge is 0.497 e. The number of nitrogens with zero attached hydrogens (tertiary/aromatic N) is 3. The number of ether oxygens (including phenoxy) is 3. The molecular formula is C22H22N4O3. The van der Waals surface area contributed by atoms with Gasteiger partial charge in [-0.2, -0.15) is 0 Å². The van der Waals surface area contributed by atoms with Crippen molar-refractivity contribution in [3.8, 4) is 17.2 Å². The Morgan fingerprint density at radius 1 is 0.931 bits per heavy atom. The van der Waals surface area contributed by atoms with Crippen molar-refractivity contribution in [1.29, 1.82) is 0 Å². The molecule has 0 fully saturated rings. The van der Waals surface area contributed by atoms with Gasteiger partial charge in [0, 0.05) is 34.6 Å². The Hall–Kier alpha value is -3.48. The van der Waals surface area contributed by atoms with Gasteiger partial charge in [-0.25, -0.2) is 9.97 Å². The molecule has 29 heavy (non-hydrogen) atoms. The quantitative estimate of drug-likeness (QED) is 0.573. The number of aromatic nitrogens is 3. The average molecular weight is 390 g/mol. The minimum atomic E-state index is 0.662.